The Kier molecular flexibility index (Phi) is 3.58. The molecule has 1 saturated heterocycles. The van der Waals surface area contributed by atoms with E-state index in [2.05, 4.69) is 43.8 Å². The molecule has 7 nitrogen and oxygen atoms in total. The molecule has 0 unspecified atom stereocenters. The third kappa shape index (κ3) is 2.79. The molecular weight excluding hydrogens is 328 g/mol. The number of fused-ring (bicyclic) bond motifs is 1. The second-order valence-corrected chi connectivity index (χ2v) is 6.96. The van der Waals surface area contributed by atoms with Crippen LogP contribution in [-0.4, -0.2) is 56.3 Å². The molecule has 0 spiro atoms. The van der Waals surface area contributed by atoms with Crippen LogP contribution in [0.3, 0.4) is 0 Å². The van der Waals surface area contributed by atoms with Gasteiger partial charge in [0.25, 0.3) is 5.91 Å². The standard InChI is InChI=1S/C19H20N6O/c26-19(16-11-20-5-6-21-16)24-9-7-23(8-10-24)15-3-4-18-22-17(14-1-2-14)13-25(18)12-15/h3-6,11-14H,1-2,7-10H2. The Bertz CT molecular complexity index is 941. The summed E-state index contributed by atoms with van der Waals surface area (Å²) < 4.78 is 2.13. The Morgan fingerprint density at radius 2 is 1.88 bits per heavy atom. The van der Waals surface area contributed by atoms with Gasteiger partial charge in [0.1, 0.15) is 11.3 Å². The van der Waals surface area contributed by atoms with Crippen LogP contribution in [0.5, 0.6) is 0 Å². The third-order valence-corrected chi connectivity index (χ3v) is 5.16. The van der Waals surface area contributed by atoms with Crippen LogP contribution in [0.4, 0.5) is 5.69 Å². The summed E-state index contributed by atoms with van der Waals surface area (Å²) in [6.07, 6.45) is 11.5. The minimum Gasteiger partial charge on any atom is -0.367 e. The van der Waals surface area contributed by atoms with Gasteiger partial charge < -0.3 is 14.2 Å². The molecule has 2 aliphatic rings. The quantitative estimate of drug-likeness (QED) is 0.724. The number of amides is 1. The van der Waals surface area contributed by atoms with Gasteiger partial charge in [-0.25, -0.2) is 9.97 Å². The number of imidazole rings is 1. The molecule has 4 heterocycles. The monoisotopic (exact) mass is 348 g/mol. The van der Waals surface area contributed by atoms with E-state index in [-0.39, 0.29) is 5.91 Å². The van der Waals surface area contributed by atoms with Crippen molar-refractivity contribution in [2.24, 2.45) is 0 Å². The van der Waals surface area contributed by atoms with Crippen LogP contribution in [0.1, 0.15) is 34.9 Å². The molecule has 1 aliphatic carbocycles. The van der Waals surface area contributed by atoms with E-state index in [1.54, 1.807) is 12.4 Å². The zero-order valence-electron chi connectivity index (χ0n) is 14.5. The Hall–Kier alpha value is -2.96. The number of piperazine rings is 1. The Morgan fingerprint density at radius 3 is 2.62 bits per heavy atom. The lowest BCUT2D eigenvalue weighted by atomic mass is 10.2. The van der Waals surface area contributed by atoms with Crippen molar-refractivity contribution in [2.75, 3.05) is 31.1 Å². The fourth-order valence-corrected chi connectivity index (χ4v) is 3.50. The number of pyridine rings is 1. The summed E-state index contributed by atoms with van der Waals surface area (Å²) in [6.45, 7) is 2.98. The van der Waals surface area contributed by atoms with E-state index in [0.717, 1.165) is 18.7 Å². The van der Waals surface area contributed by atoms with E-state index in [1.165, 1.54) is 30.4 Å². The van der Waals surface area contributed by atoms with Gasteiger partial charge in [0.2, 0.25) is 0 Å². The number of carbonyl (C=O) groups excluding carboxylic acids is 1. The smallest absolute Gasteiger partial charge is 0.274 e. The van der Waals surface area contributed by atoms with Crippen molar-refractivity contribution in [2.45, 2.75) is 18.8 Å². The van der Waals surface area contributed by atoms with Gasteiger partial charge in [-0.3, -0.25) is 9.78 Å². The van der Waals surface area contributed by atoms with Crippen molar-refractivity contribution >= 4 is 17.2 Å². The van der Waals surface area contributed by atoms with Crippen LogP contribution in [0, 0.1) is 0 Å². The first-order valence-corrected chi connectivity index (χ1v) is 9.07. The maximum absolute atomic E-state index is 12.5. The Labute approximate surface area is 151 Å². The van der Waals surface area contributed by atoms with Crippen molar-refractivity contribution in [1.29, 1.82) is 0 Å². The highest BCUT2D eigenvalue weighted by Gasteiger charge is 2.27. The maximum Gasteiger partial charge on any atom is 0.274 e. The molecule has 0 N–H and O–H groups in total. The molecule has 26 heavy (non-hydrogen) atoms. The molecule has 2 fully saturated rings. The van der Waals surface area contributed by atoms with E-state index in [0.29, 0.717) is 24.7 Å². The minimum atomic E-state index is -0.0445. The van der Waals surface area contributed by atoms with Crippen molar-refractivity contribution in [3.63, 3.8) is 0 Å². The molecule has 3 aromatic rings. The van der Waals surface area contributed by atoms with Crippen molar-refractivity contribution < 1.29 is 4.79 Å². The zero-order valence-corrected chi connectivity index (χ0v) is 14.5. The molecule has 1 saturated carbocycles. The molecule has 0 bridgehead atoms. The minimum absolute atomic E-state index is 0.0445. The zero-order chi connectivity index (χ0) is 17.5. The summed E-state index contributed by atoms with van der Waals surface area (Å²) in [5.41, 5.74) is 3.80. The average Bonchev–Trinajstić information content (AvgIpc) is 3.47. The molecule has 0 atom stereocenters. The fourth-order valence-electron chi connectivity index (χ4n) is 3.50. The van der Waals surface area contributed by atoms with Crippen LogP contribution in [0.15, 0.2) is 43.1 Å². The Balaban J connectivity index is 1.29. The van der Waals surface area contributed by atoms with Gasteiger partial charge in [0.05, 0.1) is 17.6 Å². The van der Waals surface area contributed by atoms with Crippen LogP contribution < -0.4 is 4.90 Å². The fraction of sp³-hybridized carbons (Fsp3) is 0.368. The highest BCUT2D eigenvalue weighted by atomic mass is 16.2. The first kappa shape index (κ1) is 15.3. The topological polar surface area (TPSA) is 66.6 Å². The molecule has 132 valence electrons. The second kappa shape index (κ2) is 6.09. The molecule has 0 radical (unpaired) electrons. The maximum atomic E-state index is 12.5. The molecule has 5 rings (SSSR count). The molecule has 1 amide bonds. The number of aromatic nitrogens is 4. The van der Waals surface area contributed by atoms with Crippen molar-refractivity contribution in [1.82, 2.24) is 24.3 Å². The van der Waals surface area contributed by atoms with E-state index >= 15 is 0 Å². The van der Waals surface area contributed by atoms with Gasteiger partial charge in [-0.2, -0.15) is 0 Å². The summed E-state index contributed by atoms with van der Waals surface area (Å²) in [7, 11) is 0. The number of anilines is 1. The lowest BCUT2D eigenvalue weighted by Gasteiger charge is -2.35. The molecule has 1 aliphatic heterocycles. The number of rotatable bonds is 3. The first-order valence-electron chi connectivity index (χ1n) is 9.07. The molecule has 7 heteroatoms. The molecular formula is C19H20N6O. The van der Waals surface area contributed by atoms with Gasteiger partial charge >= 0.3 is 0 Å². The predicted octanol–water partition coefficient (Wildman–Crippen LogP) is 1.96. The van der Waals surface area contributed by atoms with Gasteiger partial charge in [0, 0.05) is 56.9 Å². The Morgan fingerprint density at radius 1 is 1.04 bits per heavy atom. The number of carbonyl (C=O) groups is 1. The van der Waals surface area contributed by atoms with Gasteiger partial charge in [0.15, 0.2) is 0 Å². The summed E-state index contributed by atoms with van der Waals surface area (Å²) in [4.78, 5) is 29.4. The molecule has 3 aromatic heterocycles. The predicted molar refractivity (Wildman–Crippen MR) is 97.3 cm³/mol. The highest BCUT2D eigenvalue weighted by Crippen LogP contribution is 2.39. The van der Waals surface area contributed by atoms with Crippen LogP contribution >= 0.6 is 0 Å². The van der Waals surface area contributed by atoms with E-state index in [9.17, 15) is 4.79 Å². The van der Waals surface area contributed by atoms with Crippen LogP contribution in [-0.2, 0) is 0 Å². The molecule has 0 aromatic carbocycles. The van der Waals surface area contributed by atoms with Gasteiger partial charge in [-0.15, -0.1) is 0 Å². The van der Waals surface area contributed by atoms with Crippen LogP contribution in [0.2, 0.25) is 0 Å². The summed E-state index contributed by atoms with van der Waals surface area (Å²) in [6, 6.07) is 4.21. The van der Waals surface area contributed by atoms with Crippen molar-refractivity contribution in [3.05, 3.63) is 54.5 Å². The second-order valence-electron chi connectivity index (χ2n) is 6.96. The number of hydrogen-bond donors (Lipinski definition) is 0. The average molecular weight is 348 g/mol. The van der Waals surface area contributed by atoms with Crippen LogP contribution in [0.25, 0.3) is 5.65 Å². The van der Waals surface area contributed by atoms with E-state index in [1.807, 2.05) is 4.90 Å². The normalized spacial score (nSPS) is 17.7. The summed E-state index contributed by atoms with van der Waals surface area (Å²) >= 11 is 0. The lowest BCUT2D eigenvalue weighted by Crippen LogP contribution is -2.49. The summed E-state index contributed by atoms with van der Waals surface area (Å²) in [5, 5.41) is 0. The third-order valence-electron chi connectivity index (χ3n) is 5.16. The van der Waals surface area contributed by atoms with Gasteiger partial charge in [-0.05, 0) is 25.0 Å². The lowest BCUT2D eigenvalue weighted by molar-refractivity contribution is 0.0740. The van der Waals surface area contributed by atoms with Gasteiger partial charge in [-0.1, -0.05) is 0 Å². The van der Waals surface area contributed by atoms with Crippen molar-refractivity contribution in [3.8, 4) is 0 Å². The number of hydrogen-bond acceptors (Lipinski definition) is 5. The first-order chi connectivity index (χ1) is 12.8. The van der Waals surface area contributed by atoms with E-state index in [4.69, 9.17) is 4.98 Å². The SMILES string of the molecule is O=C(c1cnccn1)N1CCN(c2ccc3nc(C4CC4)cn3c2)CC1. The largest absolute Gasteiger partial charge is 0.367 e. The highest BCUT2D eigenvalue weighted by molar-refractivity contribution is 5.92. The summed E-state index contributed by atoms with van der Waals surface area (Å²) in [5.74, 6) is 0.617. The number of nitrogens with zero attached hydrogens (tertiary/aromatic N) is 6. The van der Waals surface area contributed by atoms with E-state index < -0.39 is 0 Å².